The van der Waals surface area contributed by atoms with E-state index in [2.05, 4.69) is 31.0 Å². The highest BCUT2D eigenvalue weighted by Gasteiger charge is 2.24. The first kappa shape index (κ1) is 13.0. The second-order valence-electron chi connectivity index (χ2n) is 5.61. The van der Waals surface area contributed by atoms with Crippen molar-refractivity contribution in [1.29, 1.82) is 0 Å². The first-order chi connectivity index (χ1) is 7.14. The van der Waals surface area contributed by atoms with E-state index < -0.39 is 0 Å². The maximum atomic E-state index is 3.51. The number of rotatable bonds is 6. The Kier molecular flexibility index (Phi) is 5.62. The summed E-state index contributed by atoms with van der Waals surface area (Å²) < 4.78 is 0. The van der Waals surface area contributed by atoms with E-state index >= 15 is 0 Å². The average Bonchev–Trinajstić information content (AvgIpc) is 2.20. The molecule has 0 atom stereocenters. The van der Waals surface area contributed by atoms with Gasteiger partial charge in [-0.15, -0.1) is 0 Å². The molecule has 1 N–H and O–H groups in total. The molecule has 1 aliphatic rings. The van der Waals surface area contributed by atoms with Crippen LogP contribution < -0.4 is 5.32 Å². The van der Waals surface area contributed by atoms with Crippen molar-refractivity contribution in [2.24, 2.45) is 5.41 Å². The van der Waals surface area contributed by atoms with Gasteiger partial charge in [0.05, 0.1) is 0 Å². The zero-order chi connectivity index (χ0) is 11.1. The molecule has 1 aliphatic heterocycles. The van der Waals surface area contributed by atoms with Crippen molar-refractivity contribution in [2.45, 2.75) is 46.5 Å². The van der Waals surface area contributed by atoms with Crippen LogP contribution in [0.3, 0.4) is 0 Å². The molecular formula is C13H28N2. The standard InChI is InChI=1S/C13H28N2/c1-4-5-8-14-9-12-15-10-6-13(2,3)7-11-15/h14H,4-12H2,1-3H3. The minimum absolute atomic E-state index is 0.589. The molecule has 0 aromatic carbocycles. The van der Waals surface area contributed by atoms with Crippen LogP contribution in [-0.4, -0.2) is 37.6 Å². The normalized spacial score (nSPS) is 21.8. The second-order valence-corrected chi connectivity index (χ2v) is 5.61. The molecule has 1 heterocycles. The first-order valence-corrected chi connectivity index (χ1v) is 6.57. The minimum atomic E-state index is 0.589. The molecule has 0 aromatic rings. The largest absolute Gasteiger partial charge is 0.315 e. The van der Waals surface area contributed by atoms with E-state index in [1.807, 2.05) is 0 Å². The predicted octanol–water partition coefficient (Wildman–Crippen LogP) is 2.50. The number of piperidine rings is 1. The fraction of sp³-hybridized carbons (Fsp3) is 1.00. The van der Waals surface area contributed by atoms with Crippen LogP contribution in [0.4, 0.5) is 0 Å². The van der Waals surface area contributed by atoms with Gasteiger partial charge in [-0.25, -0.2) is 0 Å². The molecule has 1 saturated heterocycles. The summed E-state index contributed by atoms with van der Waals surface area (Å²) in [6, 6.07) is 0. The molecule has 0 spiro atoms. The van der Waals surface area contributed by atoms with E-state index in [1.54, 1.807) is 0 Å². The molecular weight excluding hydrogens is 184 g/mol. The lowest BCUT2D eigenvalue weighted by Gasteiger charge is -2.36. The molecule has 0 radical (unpaired) electrons. The Morgan fingerprint density at radius 2 is 1.80 bits per heavy atom. The van der Waals surface area contributed by atoms with E-state index in [0.717, 1.165) is 0 Å². The van der Waals surface area contributed by atoms with Crippen molar-refractivity contribution in [1.82, 2.24) is 10.2 Å². The third-order valence-corrected chi connectivity index (χ3v) is 3.52. The average molecular weight is 212 g/mol. The van der Waals surface area contributed by atoms with Gasteiger partial charge in [0.1, 0.15) is 0 Å². The quantitative estimate of drug-likeness (QED) is 0.681. The Labute approximate surface area is 95.4 Å². The monoisotopic (exact) mass is 212 g/mol. The third-order valence-electron chi connectivity index (χ3n) is 3.52. The maximum Gasteiger partial charge on any atom is 0.0107 e. The SMILES string of the molecule is CCCCNCCN1CCC(C)(C)CC1. The molecule has 0 bridgehead atoms. The lowest BCUT2D eigenvalue weighted by molar-refractivity contribution is 0.133. The fourth-order valence-corrected chi connectivity index (χ4v) is 2.05. The highest BCUT2D eigenvalue weighted by atomic mass is 15.1. The van der Waals surface area contributed by atoms with Crippen molar-refractivity contribution in [3.8, 4) is 0 Å². The lowest BCUT2D eigenvalue weighted by Crippen LogP contribution is -2.40. The molecule has 0 unspecified atom stereocenters. The van der Waals surface area contributed by atoms with Crippen LogP contribution in [0, 0.1) is 5.41 Å². The summed E-state index contributed by atoms with van der Waals surface area (Å²) in [6.07, 6.45) is 5.34. The van der Waals surface area contributed by atoms with Gasteiger partial charge < -0.3 is 10.2 Å². The number of nitrogens with one attached hydrogen (secondary N) is 1. The maximum absolute atomic E-state index is 3.51. The topological polar surface area (TPSA) is 15.3 Å². The summed E-state index contributed by atoms with van der Waals surface area (Å²) >= 11 is 0. The van der Waals surface area contributed by atoms with Gasteiger partial charge in [0.15, 0.2) is 0 Å². The Hall–Kier alpha value is -0.0800. The van der Waals surface area contributed by atoms with E-state index in [-0.39, 0.29) is 0 Å². The number of nitrogens with zero attached hydrogens (tertiary/aromatic N) is 1. The lowest BCUT2D eigenvalue weighted by atomic mass is 9.83. The molecule has 90 valence electrons. The van der Waals surface area contributed by atoms with Gasteiger partial charge in [-0.3, -0.25) is 0 Å². The van der Waals surface area contributed by atoms with Crippen LogP contribution in [0.5, 0.6) is 0 Å². The third kappa shape index (κ3) is 5.53. The van der Waals surface area contributed by atoms with Gasteiger partial charge in [0.25, 0.3) is 0 Å². The smallest absolute Gasteiger partial charge is 0.0107 e. The van der Waals surface area contributed by atoms with Crippen molar-refractivity contribution in [2.75, 3.05) is 32.7 Å². The summed E-state index contributed by atoms with van der Waals surface area (Å²) in [7, 11) is 0. The van der Waals surface area contributed by atoms with E-state index in [1.165, 1.54) is 58.4 Å². The Bertz CT molecular complexity index is 156. The summed E-state index contributed by atoms with van der Waals surface area (Å²) in [5.74, 6) is 0. The highest BCUT2D eigenvalue weighted by Crippen LogP contribution is 2.29. The number of hydrogen-bond donors (Lipinski definition) is 1. The van der Waals surface area contributed by atoms with E-state index in [0.29, 0.717) is 5.41 Å². The Morgan fingerprint density at radius 3 is 2.40 bits per heavy atom. The van der Waals surface area contributed by atoms with Gasteiger partial charge in [0.2, 0.25) is 0 Å². The highest BCUT2D eigenvalue weighted by molar-refractivity contribution is 4.78. The number of likely N-dealkylation sites (tertiary alicyclic amines) is 1. The van der Waals surface area contributed by atoms with E-state index in [4.69, 9.17) is 0 Å². The summed E-state index contributed by atoms with van der Waals surface area (Å²) in [6.45, 7) is 13.2. The fourth-order valence-electron chi connectivity index (χ4n) is 2.05. The van der Waals surface area contributed by atoms with E-state index in [9.17, 15) is 0 Å². The van der Waals surface area contributed by atoms with Crippen molar-refractivity contribution in [3.63, 3.8) is 0 Å². The Balaban J connectivity index is 1.99. The number of unbranched alkanes of at least 4 members (excludes halogenated alkanes) is 1. The molecule has 0 saturated carbocycles. The van der Waals surface area contributed by atoms with Crippen molar-refractivity contribution < 1.29 is 0 Å². The molecule has 1 fully saturated rings. The second kappa shape index (κ2) is 6.49. The summed E-state index contributed by atoms with van der Waals surface area (Å²) in [5.41, 5.74) is 0.589. The molecule has 0 aliphatic carbocycles. The first-order valence-electron chi connectivity index (χ1n) is 6.57. The zero-order valence-corrected chi connectivity index (χ0v) is 10.8. The van der Waals surface area contributed by atoms with Gasteiger partial charge in [-0.1, -0.05) is 27.2 Å². The minimum Gasteiger partial charge on any atom is -0.315 e. The Morgan fingerprint density at radius 1 is 1.13 bits per heavy atom. The summed E-state index contributed by atoms with van der Waals surface area (Å²) in [5, 5.41) is 3.51. The molecule has 2 nitrogen and oxygen atoms in total. The molecule has 2 heteroatoms. The van der Waals surface area contributed by atoms with Crippen LogP contribution in [0.25, 0.3) is 0 Å². The van der Waals surface area contributed by atoms with Crippen LogP contribution in [0.2, 0.25) is 0 Å². The van der Waals surface area contributed by atoms with Crippen LogP contribution in [-0.2, 0) is 0 Å². The zero-order valence-electron chi connectivity index (χ0n) is 10.8. The molecule has 15 heavy (non-hydrogen) atoms. The van der Waals surface area contributed by atoms with Crippen LogP contribution >= 0.6 is 0 Å². The van der Waals surface area contributed by atoms with Gasteiger partial charge in [0, 0.05) is 13.1 Å². The summed E-state index contributed by atoms with van der Waals surface area (Å²) in [4.78, 5) is 2.60. The van der Waals surface area contributed by atoms with Gasteiger partial charge >= 0.3 is 0 Å². The molecule has 0 amide bonds. The van der Waals surface area contributed by atoms with Gasteiger partial charge in [-0.2, -0.15) is 0 Å². The molecule has 1 rings (SSSR count). The predicted molar refractivity (Wildman–Crippen MR) is 67.2 cm³/mol. The van der Waals surface area contributed by atoms with Crippen LogP contribution in [0.15, 0.2) is 0 Å². The molecule has 0 aromatic heterocycles. The van der Waals surface area contributed by atoms with Gasteiger partial charge in [-0.05, 0) is 44.3 Å². The van der Waals surface area contributed by atoms with Crippen LogP contribution in [0.1, 0.15) is 46.5 Å². The van der Waals surface area contributed by atoms with Crippen molar-refractivity contribution in [3.05, 3.63) is 0 Å². The number of hydrogen-bond acceptors (Lipinski definition) is 2. The van der Waals surface area contributed by atoms with Crippen molar-refractivity contribution >= 4 is 0 Å².